The summed E-state index contributed by atoms with van der Waals surface area (Å²) in [5.41, 5.74) is 6.27. The number of benzene rings is 2. The minimum absolute atomic E-state index is 0.789. The molecule has 0 bridgehead atoms. The predicted molar refractivity (Wildman–Crippen MR) is 84.9 cm³/mol. The Balaban J connectivity index is 1.77. The largest absolute Gasteiger partial charge is 0.0619 e. The molecule has 2 atom stereocenters. The number of hydrogen-bond acceptors (Lipinski definition) is 0. The first kappa shape index (κ1) is 13.0. The second-order valence-corrected chi connectivity index (χ2v) is 5.99. The Morgan fingerprint density at radius 2 is 1.45 bits per heavy atom. The van der Waals surface area contributed by atoms with E-state index in [9.17, 15) is 0 Å². The third kappa shape index (κ3) is 2.78. The minimum Gasteiger partial charge on any atom is -0.0619 e. The molecule has 0 N–H and O–H groups in total. The average Bonchev–Trinajstić information content (AvgIpc) is 3.18. The van der Waals surface area contributed by atoms with Crippen molar-refractivity contribution in [1.82, 2.24) is 0 Å². The summed E-state index contributed by atoms with van der Waals surface area (Å²) in [5, 5.41) is 0. The second kappa shape index (κ2) is 5.17. The molecule has 0 amide bonds. The molecule has 100 valence electrons. The smallest absolute Gasteiger partial charge is 0.0251 e. The first-order valence-electron chi connectivity index (χ1n) is 7.33. The monoisotopic (exact) mass is 260 g/mol. The Bertz CT molecular complexity index is 680. The fraction of sp³-hybridized carbons (Fsp3) is 0.300. The molecule has 2 aromatic carbocycles. The summed E-state index contributed by atoms with van der Waals surface area (Å²) in [6.07, 6.45) is 1.34. The molecule has 3 rings (SSSR count). The standard InChI is InChI=1S/C20H20/c1-14-4-5-18(12-15(14)2)7-6-17-8-10-19(11-9-17)20-13-16(20)3/h4-5,8-12,16,20H,13H2,1-3H3. The van der Waals surface area contributed by atoms with Gasteiger partial charge in [-0.1, -0.05) is 37.0 Å². The van der Waals surface area contributed by atoms with Crippen LogP contribution in [0.4, 0.5) is 0 Å². The van der Waals surface area contributed by atoms with Crippen molar-refractivity contribution in [3.63, 3.8) is 0 Å². The van der Waals surface area contributed by atoms with Gasteiger partial charge in [0, 0.05) is 11.1 Å². The van der Waals surface area contributed by atoms with E-state index < -0.39 is 0 Å². The van der Waals surface area contributed by atoms with Crippen LogP contribution in [-0.2, 0) is 0 Å². The van der Waals surface area contributed by atoms with Gasteiger partial charge >= 0.3 is 0 Å². The molecule has 0 spiro atoms. The van der Waals surface area contributed by atoms with Crippen molar-refractivity contribution in [2.45, 2.75) is 33.1 Å². The molecular formula is C20H20. The highest BCUT2D eigenvalue weighted by Gasteiger charge is 2.33. The topological polar surface area (TPSA) is 0 Å². The molecule has 1 aliphatic rings. The van der Waals surface area contributed by atoms with Gasteiger partial charge < -0.3 is 0 Å². The van der Waals surface area contributed by atoms with E-state index in [0.29, 0.717) is 0 Å². The van der Waals surface area contributed by atoms with Gasteiger partial charge in [-0.15, -0.1) is 0 Å². The van der Waals surface area contributed by atoms with Gasteiger partial charge in [-0.2, -0.15) is 0 Å². The quantitative estimate of drug-likeness (QED) is 0.644. The van der Waals surface area contributed by atoms with Gasteiger partial charge in [-0.25, -0.2) is 0 Å². The molecule has 0 heteroatoms. The van der Waals surface area contributed by atoms with E-state index >= 15 is 0 Å². The summed E-state index contributed by atoms with van der Waals surface area (Å²) in [4.78, 5) is 0. The van der Waals surface area contributed by atoms with Crippen molar-refractivity contribution < 1.29 is 0 Å². The maximum atomic E-state index is 3.26. The van der Waals surface area contributed by atoms with Gasteiger partial charge in [-0.3, -0.25) is 0 Å². The van der Waals surface area contributed by atoms with Gasteiger partial charge in [0.05, 0.1) is 0 Å². The third-order valence-corrected chi connectivity index (χ3v) is 4.31. The first-order chi connectivity index (χ1) is 9.63. The van der Waals surface area contributed by atoms with Gasteiger partial charge in [-0.05, 0) is 73.1 Å². The average molecular weight is 260 g/mol. The lowest BCUT2D eigenvalue weighted by molar-refractivity contribution is 0.914. The van der Waals surface area contributed by atoms with Crippen molar-refractivity contribution in [3.05, 3.63) is 70.3 Å². The van der Waals surface area contributed by atoms with Crippen molar-refractivity contribution in [2.75, 3.05) is 0 Å². The van der Waals surface area contributed by atoms with E-state index in [1.54, 1.807) is 0 Å². The Morgan fingerprint density at radius 1 is 0.850 bits per heavy atom. The van der Waals surface area contributed by atoms with Gasteiger partial charge in [0.1, 0.15) is 0 Å². The number of aryl methyl sites for hydroxylation is 2. The highest BCUT2D eigenvalue weighted by atomic mass is 14.4. The van der Waals surface area contributed by atoms with E-state index in [1.807, 2.05) is 0 Å². The third-order valence-electron chi connectivity index (χ3n) is 4.31. The van der Waals surface area contributed by atoms with Crippen LogP contribution in [0.1, 0.15) is 47.1 Å². The molecule has 20 heavy (non-hydrogen) atoms. The summed E-state index contributed by atoms with van der Waals surface area (Å²) < 4.78 is 0. The Morgan fingerprint density at radius 3 is 2.05 bits per heavy atom. The zero-order valence-corrected chi connectivity index (χ0v) is 12.4. The molecule has 0 radical (unpaired) electrons. The second-order valence-electron chi connectivity index (χ2n) is 5.99. The van der Waals surface area contributed by atoms with Crippen molar-refractivity contribution in [1.29, 1.82) is 0 Å². The van der Waals surface area contributed by atoms with Crippen molar-refractivity contribution >= 4 is 0 Å². The van der Waals surface area contributed by atoms with Crippen molar-refractivity contribution in [3.8, 4) is 11.8 Å². The van der Waals surface area contributed by atoms with E-state index in [1.165, 1.54) is 23.1 Å². The predicted octanol–water partition coefficient (Wildman–Crippen LogP) is 4.83. The lowest BCUT2D eigenvalue weighted by atomic mass is 10.1. The van der Waals surface area contributed by atoms with Crippen LogP contribution in [0.25, 0.3) is 0 Å². The maximum Gasteiger partial charge on any atom is 0.0251 e. The molecule has 0 heterocycles. The van der Waals surface area contributed by atoms with Crippen LogP contribution in [0.3, 0.4) is 0 Å². The zero-order valence-electron chi connectivity index (χ0n) is 12.4. The molecule has 0 aliphatic heterocycles. The van der Waals surface area contributed by atoms with Gasteiger partial charge in [0.15, 0.2) is 0 Å². The zero-order chi connectivity index (χ0) is 14.1. The highest BCUT2D eigenvalue weighted by molar-refractivity contribution is 5.46. The van der Waals surface area contributed by atoms with E-state index in [4.69, 9.17) is 0 Å². The fourth-order valence-electron chi connectivity index (χ4n) is 2.56. The van der Waals surface area contributed by atoms with Crippen LogP contribution in [0, 0.1) is 31.6 Å². The molecule has 0 aromatic heterocycles. The summed E-state index contributed by atoms with van der Waals surface area (Å²) in [7, 11) is 0. The van der Waals surface area contributed by atoms with E-state index in [-0.39, 0.29) is 0 Å². The molecule has 2 unspecified atom stereocenters. The Labute approximate surface area is 121 Å². The Kier molecular flexibility index (Phi) is 3.36. The Hall–Kier alpha value is -2.00. The van der Waals surface area contributed by atoms with Crippen LogP contribution in [0.2, 0.25) is 0 Å². The van der Waals surface area contributed by atoms with Crippen molar-refractivity contribution in [2.24, 2.45) is 5.92 Å². The van der Waals surface area contributed by atoms with E-state index in [2.05, 4.69) is 75.1 Å². The summed E-state index contributed by atoms with van der Waals surface area (Å²) in [5.74, 6) is 8.16. The molecule has 1 saturated carbocycles. The minimum atomic E-state index is 0.789. The van der Waals surface area contributed by atoms with Crippen LogP contribution in [0.5, 0.6) is 0 Å². The molecular weight excluding hydrogens is 240 g/mol. The van der Waals surface area contributed by atoms with Crippen LogP contribution in [0.15, 0.2) is 42.5 Å². The molecule has 1 aliphatic carbocycles. The number of rotatable bonds is 1. The van der Waals surface area contributed by atoms with Gasteiger partial charge in [0.25, 0.3) is 0 Å². The highest BCUT2D eigenvalue weighted by Crippen LogP contribution is 2.46. The lowest BCUT2D eigenvalue weighted by Crippen LogP contribution is -1.84. The SMILES string of the molecule is Cc1ccc(C#Cc2ccc(C3CC3C)cc2)cc1C. The van der Waals surface area contributed by atoms with Crippen LogP contribution >= 0.6 is 0 Å². The molecule has 1 fully saturated rings. The summed E-state index contributed by atoms with van der Waals surface area (Å²) in [6.45, 7) is 6.58. The van der Waals surface area contributed by atoms with Gasteiger partial charge in [0.2, 0.25) is 0 Å². The van der Waals surface area contributed by atoms with Crippen LogP contribution in [-0.4, -0.2) is 0 Å². The molecule has 0 saturated heterocycles. The first-order valence-corrected chi connectivity index (χ1v) is 7.33. The van der Waals surface area contributed by atoms with E-state index in [0.717, 1.165) is 23.0 Å². The summed E-state index contributed by atoms with van der Waals surface area (Å²) >= 11 is 0. The number of hydrogen-bond donors (Lipinski definition) is 0. The van der Waals surface area contributed by atoms with Crippen LogP contribution < -0.4 is 0 Å². The molecule has 0 nitrogen and oxygen atoms in total. The maximum absolute atomic E-state index is 3.26. The lowest BCUT2D eigenvalue weighted by Gasteiger charge is -1.99. The normalized spacial score (nSPS) is 20.1. The molecule has 2 aromatic rings. The fourth-order valence-corrected chi connectivity index (χ4v) is 2.56. The summed E-state index contributed by atoms with van der Waals surface area (Å²) in [6, 6.07) is 15.1.